The van der Waals surface area contributed by atoms with Crippen LogP contribution in [0.25, 0.3) is 0 Å². The lowest BCUT2D eigenvalue weighted by Gasteiger charge is -2.22. The first kappa shape index (κ1) is 18.0. The predicted octanol–water partition coefficient (Wildman–Crippen LogP) is 3.59. The van der Waals surface area contributed by atoms with Crippen LogP contribution in [0.5, 0.6) is 0 Å². The van der Waals surface area contributed by atoms with Gasteiger partial charge in [-0.15, -0.1) is 0 Å². The number of rotatable bonds is 4. The van der Waals surface area contributed by atoms with E-state index >= 15 is 0 Å². The van der Waals surface area contributed by atoms with Gasteiger partial charge < -0.3 is 15.4 Å². The van der Waals surface area contributed by atoms with Gasteiger partial charge in [-0.05, 0) is 46.1 Å². The van der Waals surface area contributed by atoms with E-state index in [4.69, 9.17) is 4.74 Å². The molecule has 8 heteroatoms. The van der Waals surface area contributed by atoms with Crippen LogP contribution in [0, 0.1) is 15.9 Å². The molecule has 2 rings (SSSR count). The average Bonchev–Trinajstić information content (AvgIpc) is 2.83. The second kappa shape index (κ2) is 7.02. The SMILES string of the molecule is CC(C)(C)OC(=O)NC1CCC(Nc2cc(F)ccc2[N+](=O)[O-])C1. The highest BCUT2D eigenvalue weighted by molar-refractivity contribution is 5.68. The molecule has 7 nitrogen and oxygen atoms in total. The minimum Gasteiger partial charge on any atom is -0.444 e. The monoisotopic (exact) mass is 339 g/mol. The van der Waals surface area contributed by atoms with Gasteiger partial charge in [-0.25, -0.2) is 9.18 Å². The van der Waals surface area contributed by atoms with Crippen molar-refractivity contribution in [3.05, 3.63) is 34.1 Å². The Morgan fingerprint density at radius 3 is 2.62 bits per heavy atom. The first-order valence-electron chi connectivity index (χ1n) is 7.84. The topological polar surface area (TPSA) is 93.5 Å². The molecule has 1 amide bonds. The number of alkyl carbamates (subject to hydrolysis) is 1. The second-order valence-corrected chi connectivity index (χ2v) is 6.92. The van der Waals surface area contributed by atoms with Gasteiger partial charge in [-0.3, -0.25) is 10.1 Å². The first-order chi connectivity index (χ1) is 11.1. The molecule has 0 bridgehead atoms. The largest absolute Gasteiger partial charge is 0.444 e. The molecule has 132 valence electrons. The van der Waals surface area contributed by atoms with Crippen LogP contribution in [0.4, 0.5) is 20.6 Å². The summed E-state index contributed by atoms with van der Waals surface area (Å²) in [6, 6.07) is 3.16. The molecule has 0 aromatic heterocycles. The molecule has 0 saturated heterocycles. The van der Waals surface area contributed by atoms with Crippen molar-refractivity contribution in [1.29, 1.82) is 0 Å². The molecule has 0 aliphatic heterocycles. The van der Waals surface area contributed by atoms with Crippen molar-refractivity contribution in [2.24, 2.45) is 0 Å². The number of nitrogens with zero attached hydrogens (tertiary/aromatic N) is 1. The fourth-order valence-corrected chi connectivity index (χ4v) is 2.72. The number of carbonyl (C=O) groups excluding carboxylic acids is 1. The van der Waals surface area contributed by atoms with E-state index in [9.17, 15) is 19.3 Å². The molecular weight excluding hydrogens is 317 g/mol. The lowest BCUT2D eigenvalue weighted by Crippen LogP contribution is -2.38. The van der Waals surface area contributed by atoms with E-state index in [1.165, 1.54) is 0 Å². The Bertz CT molecular complexity index is 630. The number of hydrogen-bond donors (Lipinski definition) is 2. The number of nitro groups is 1. The summed E-state index contributed by atoms with van der Waals surface area (Å²) in [5.41, 5.74) is -0.578. The normalized spacial score (nSPS) is 20.5. The van der Waals surface area contributed by atoms with Crippen molar-refractivity contribution in [2.45, 2.75) is 57.7 Å². The third-order valence-corrected chi connectivity index (χ3v) is 3.67. The van der Waals surface area contributed by atoms with Gasteiger partial charge in [0.25, 0.3) is 5.69 Å². The molecule has 0 spiro atoms. The second-order valence-electron chi connectivity index (χ2n) is 6.92. The highest BCUT2D eigenvalue weighted by Gasteiger charge is 2.29. The number of halogens is 1. The van der Waals surface area contributed by atoms with Crippen molar-refractivity contribution in [1.82, 2.24) is 5.32 Å². The van der Waals surface area contributed by atoms with Gasteiger partial charge in [-0.2, -0.15) is 0 Å². The molecule has 1 aromatic rings. The van der Waals surface area contributed by atoms with E-state index in [2.05, 4.69) is 10.6 Å². The van der Waals surface area contributed by atoms with Gasteiger partial charge >= 0.3 is 6.09 Å². The van der Waals surface area contributed by atoms with Gasteiger partial charge in [0.05, 0.1) is 4.92 Å². The van der Waals surface area contributed by atoms with Gasteiger partial charge in [0.15, 0.2) is 0 Å². The summed E-state index contributed by atoms with van der Waals surface area (Å²) in [5.74, 6) is -0.537. The Hall–Kier alpha value is -2.38. The minimum absolute atomic E-state index is 0.0783. The number of carbonyl (C=O) groups is 1. The molecule has 1 aromatic carbocycles. The van der Waals surface area contributed by atoms with Gasteiger partial charge in [0, 0.05) is 24.2 Å². The molecule has 1 aliphatic rings. The standard InChI is InChI=1S/C16H22FN3O4/c1-16(2,3)24-15(21)19-12-6-5-11(9-12)18-13-8-10(17)4-7-14(13)20(22)23/h4,7-8,11-12,18H,5-6,9H2,1-3H3,(H,19,21). The number of nitro benzene ring substituents is 1. The lowest BCUT2D eigenvalue weighted by molar-refractivity contribution is -0.384. The number of benzene rings is 1. The Labute approximate surface area is 139 Å². The zero-order valence-electron chi connectivity index (χ0n) is 14.0. The number of hydrogen-bond acceptors (Lipinski definition) is 5. The van der Waals surface area contributed by atoms with Crippen molar-refractivity contribution >= 4 is 17.5 Å². The molecule has 24 heavy (non-hydrogen) atoms. The highest BCUT2D eigenvalue weighted by Crippen LogP contribution is 2.29. The van der Waals surface area contributed by atoms with Crippen LogP contribution < -0.4 is 10.6 Å². The quantitative estimate of drug-likeness (QED) is 0.646. The maximum atomic E-state index is 13.4. The maximum absolute atomic E-state index is 13.4. The third kappa shape index (κ3) is 5.07. The third-order valence-electron chi connectivity index (χ3n) is 3.67. The van der Waals surface area contributed by atoms with Gasteiger partial charge in [-0.1, -0.05) is 0 Å². The van der Waals surface area contributed by atoms with E-state index < -0.39 is 22.4 Å². The zero-order chi connectivity index (χ0) is 17.9. The zero-order valence-corrected chi connectivity index (χ0v) is 14.0. The van der Waals surface area contributed by atoms with Crippen LogP contribution in [0.15, 0.2) is 18.2 Å². The number of anilines is 1. The summed E-state index contributed by atoms with van der Waals surface area (Å²) in [5, 5.41) is 16.8. The molecular formula is C16H22FN3O4. The molecule has 1 aliphatic carbocycles. The van der Waals surface area contributed by atoms with Gasteiger partial charge in [0.1, 0.15) is 17.1 Å². The van der Waals surface area contributed by atoms with Crippen molar-refractivity contribution in [3.8, 4) is 0 Å². The summed E-state index contributed by atoms with van der Waals surface area (Å²) < 4.78 is 18.6. The fourth-order valence-electron chi connectivity index (χ4n) is 2.72. The highest BCUT2D eigenvalue weighted by atomic mass is 19.1. The summed E-state index contributed by atoms with van der Waals surface area (Å²) in [4.78, 5) is 22.2. The summed E-state index contributed by atoms with van der Waals surface area (Å²) in [7, 11) is 0. The number of nitrogens with one attached hydrogen (secondary N) is 2. The van der Waals surface area contributed by atoms with Gasteiger partial charge in [0.2, 0.25) is 0 Å². The first-order valence-corrected chi connectivity index (χ1v) is 7.84. The molecule has 2 atom stereocenters. The maximum Gasteiger partial charge on any atom is 0.407 e. The Morgan fingerprint density at radius 1 is 1.33 bits per heavy atom. The van der Waals surface area contributed by atoms with E-state index in [0.717, 1.165) is 24.6 Å². The number of ether oxygens (including phenoxy) is 1. The molecule has 2 unspecified atom stereocenters. The molecule has 0 heterocycles. The van der Waals surface area contributed by atoms with E-state index in [0.29, 0.717) is 12.8 Å². The van der Waals surface area contributed by atoms with Crippen molar-refractivity contribution in [2.75, 3.05) is 5.32 Å². The molecule has 0 radical (unpaired) electrons. The summed E-state index contributed by atoms with van der Waals surface area (Å²) in [6.07, 6.45) is 1.55. The number of amides is 1. The smallest absolute Gasteiger partial charge is 0.407 e. The van der Waals surface area contributed by atoms with Crippen LogP contribution in [-0.4, -0.2) is 28.7 Å². The van der Waals surface area contributed by atoms with Crippen LogP contribution in [0.2, 0.25) is 0 Å². The fraction of sp³-hybridized carbons (Fsp3) is 0.562. The minimum atomic E-state index is -0.567. The molecule has 1 fully saturated rings. The average molecular weight is 339 g/mol. The van der Waals surface area contributed by atoms with E-state index in [1.807, 2.05) is 0 Å². The Balaban J connectivity index is 1.94. The van der Waals surface area contributed by atoms with E-state index in [-0.39, 0.29) is 23.5 Å². The van der Waals surface area contributed by atoms with Crippen LogP contribution in [0.1, 0.15) is 40.0 Å². The van der Waals surface area contributed by atoms with Crippen molar-refractivity contribution < 1.29 is 18.8 Å². The molecule has 2 N–H and O–H groups in total. The predicted molar refractivity (Wildman–Crippen MR) is 87.5 cm³/mol. The van der Waals surface area contributed by atoms with Crippen molar-refractivity contribution in [3.63, 3.8) is 0 Å². The van der Waals surface area contributed by atoms with Crippen LogP contribution >= 0.6 is 0 Å². The molecule has 1 saturated carbocycles. The Morgan fingerprint density at radius 2 is 2.00 bits per heavy atom. The summed E-state index contributed by atoms with van der Waals surface area (Å²) in [6.45, 7) is 5.36. The van der Waals surface area contributed by atoms with E-state index in [1.54, 1.807) is 20.8 Å². The van der Waals surface area contributed by atoms with Crippen LogP contribution in [-0.2, 0) is 4.74 Å². The lowest BCUT2D eigenvalue weighted by atomic mass is 10.2. The Kier molecular flexibility index (Phi) is 5.26. The summed E-state index contributed by atoms with van der Waals surface area (Å²) >= 11 is 0. The van der Waals surface area contributed by atoms with Crippen LogP contribution in [0.3, 0.4) is 0 Å².